The summed E-state index contributed by atoms with van der Waals surface area (Å²) in [5.41, 5.74) is 1.70. The molecule has 1 heterocycles. The van der Waals surface area contributed by atoms with Gasteiger partial charge in [0.15, 0.2) is 0 Å². The highest BCUT2D eigenvalue weighted by Gasteiger charge is 2.32. The van der Waals surface area contributed by atoms with Crippen molar-refractivity contribution in [1.82, 2.24) is 0 Å². The Morgan fingerprint density at radius 2 is 2.20 bits per heavy atom. The van der Waals surface area contributed by atoms with E-state index in [1.807, 2.05) is 30.3 Å². The molecule has 0 fully saturated rings. The fourth-order valence-electron chi connectivity index (χ4n) is 2.38. The van der Waals surface area contributed by atoms with Gasteiger partial charge in [0.05, 0.1) is 24.0 Å². The molecule has 0 saturated carbocycles. The number of carboxylic acid groups (broad SMARTS) is 1. The number of anilines is 1. The number of benzene rings is 1. The van der Waals surface area contributed by atoms with E-state index >= 15 is 0 Å². The first-order chi connectivity index (χ1) is 9.63. The van der Waals surface area contributed by atoms with Crippen LogP contribution in [0.5, 0.6) is 0 Å². The van der Waals surface area contributed by atoms with Crippen molar-refractivity contribution in [2.75, 3.05) is 23.0 Å². The van der Waals surface area contributed by atoms with Crippen LogP contribution in [0, 0.1) is 11.3 Å². The number of nitrogens with zero attached hydrogens (tertiary/aromatic N) is 2. The Labute approximate surface area is 121 Å². The molecule has 0 spiro atoms. The Kier molecular flexibility index (Phi) is 4.64. The highest BCUT2D eigenvalue weighted by molar-refractivity contribution is 8.00. The summed E-state index contributed by atoms with van der Waals surface area (Å²) in [6.07, 6.45) is 0.0200. The van der Waals surface area contributed by atoms with Gasteiger partial charge in [0, 0.05) is 18.2 Å². The van der Waals surface area contributed by atoms with Gasteiger partial charge in [0.25, 0.3) is 0 Å². The summed E-state index contributed by atoms with van der Waals surface area (Å²) in [7, 11) is 0. The number of carbonyl (C=O) groups excluding carboxylic acids is 1. The van der Waals surface area contributed by atoms with Gasteiger partial charge in [-0.3, -0.25) is 9.59 Å². The third-order valence-electron chi connectivity index (χ3n) is 3.18. The minimum atomic E-state index is -0.863. The molecule has 5 nitrogen and oxygen atoms in total. The van der Waals surface area contributed by atoms with Crippen molar-refractivity contribution in [1.29, 1.82) is 5.26 Å². The van der Waals surface area contributed by atoms with E-state index in [4.69, 9.17) is 10.4 Å². The second-order valence-corrected chi connectivity index (χ2v) is 5.49. The number of aliphatic carboxylic acids is 1. The predicted octanol–water partition coefficient (Wildman–Crippen LogP) is 1.85. The summed E-state index contributed by atoms with van der Waals surface area (Å²) in [5.74, 6) is -0.585. The number of rotatable bonds is 5. The van der Waals surface area contributed by atoms with Gasteiger partial charge in [0.2, 0.25) is 5.91 Å². The van der Waals surface area contributed by atoms with Crippen molar-refractivity contribution in [3.63, 3.8) is 0 Å². The maximum absolute atomic E-state index is 12.2. The zero-order chi connectivity index (χ0) is 14.5. The number of thioether (sulfide) groups is 1. The van der Waals surface area contributed by atoms with Gasteiger partial charge < -0.3 is 10.0 Å². The van der Waals surface area contributed by atoms with E-state index in [9.17, 15) is 9.59 Å². The zero-order valence-electron chi connectivity index (χ0n) is 10.8. The normalized spacial score (nSPS) is 16.6. The Balaban J connectivity index is 2.14. The Morgan fingerprint density at radius 3 is 2.90 bits per heavy atom. The van der Waals surface area contributed by atoms with Crippen molar-refractivity contribution in [2.24, 2.45) is 0 Å². The van der Waals surface area contributed by atoms with Crippen molar-refractivity contribution in [2.45, 2.75) is 12.3 Å². The fraction of sp³-hybridized carbons (Fsp3) is 0.357. The topological polar surface area (TPSA) is 81.4 Å². The molecule has 1 atom stereocenters. The first-order valence-corrected chi connectivity index (χ1v) is 7.34. The molecule has 20 heavy (non-hydrogen) atoms. The molecule has 0 saturated heterocycles. The molecule has 6 heteroatoms. The van der Waals surface area contributed by atoms with Crippen LogP contribution in [0.2, 0.25) is 0 Å². The number of carboxylic acids is 1. The van der Waals surface area contributed by atoms with Crippen molar-refractivity contribution < 1.29 is 14.7 Å². The SMILES string of the molecule is N#CCSCC(=O)N1CC(CC(=O)O)c2ccccc21. The second kappa shape index (κ2) is 6.44. The van der Waals surface area contributed by atoms with Gasteiger partial charge >= 0.3 is 5.97 Å². The molecule has 1 aromatic rings. The molecular weight excluding hydrogens is 276 g/mol. The summed E-state index contributed by atoms with van der Waals surface area (Å²) in [6, 6.07) is 9.38. The Morgan fingerprint density at radius 1 is 1.45 bits per heavy atom. The predicted molar refractivity (Wildman–Crippen MR) is 76.7 cm³/mol. The molecular formula is C14H14N2O3S. The quantitative estimate of drug-likeness (QED) is 0.837. The summed E-state index contributed by atoms with van der Waals surface area (Å²) in [5, 5.41) is 17.4. The fourth-order valence-corrected chi connectivity index (χ4v) is 2.90. The highest BCUT2D eigenvalue weighted by Crippen LogP contribution is 2.38. The van der Waals surface area contributed by atoms with E-state index in [0.29, 0.717) is 6.54 Å². The molecule has 0 bridgehead atoms. The van der Waals surface area contributed by atoms with Gasteiger partial charge in [-0.25, -0.2) is 0 Å². The molecule has 104 valence electrons. The molecule has 1 N–H and O–H groups in total. The van der Waals surface area contributed by atoms with Gasteiger partial charge in [-0.15, -0.1) is 11.8 Å². The standard InChI is InChI=1S/C14H14N2O3S/c15-5-6-20-9-13(17)16-8-10(7-14(18)19)11-3-1-2-4-12(11)16/h1-4,10H,6-9H2,(H,18,19). The second-order valence-electron chi connectivity index (χ2n) is 4.51. The van der Waals surface area contributed by atoms with Crippen LogP contribution >= 0.6 is 11.8 Å². The summed E-state index contributed by atoms with van der Waals surface area (Å²) in [6.45, 7) is 0.400. The summed E-state index contributed by atoms with van der Waals surface area (Å²) < 4.78 is 0. The lowest BCUT2D eigenvalue weighted by molar-refractivity contribution is -0.137. The number of nitriles is 1. The van der Waals surface area contributed by atoms with Crippen LogP contribution in [0.15, 0.2) is 24.3 Å². The summed E-state index contributed by atoms with van der Waals surface area (Å²) in [4.78, 5) is 24.7. The minimum Gasteiger partial charge on any atom is -0.481 e. The molecule has 1 aliphatic heterocycles. The molecule has 2 rings (SSSR count). The summed E-state index contributed by atoms with van der Waals surface area (Å²) >= 11 is 1.27. The average Bonchev–Trinajstić information content (AvgIpc) is 2.78. The van der Waals surface area contributed by atoms with Gasteiger partial charge in [-0.2, -0.15) is 5.26 Å². The lowest BCUT2D eigenvalue weighted by Crippen LogP contribution is -2.31. The van der Waals surface area contributed by atoms with Crippen LogP contribution in [0.1, 0.15) is 17.9 Å². The number of fused-ring (bicyclic) bond motifs is 1. The first-order valence-electron chi connectivity index (χ1n) is 6.19. The van der Waals surface area contributed by atoms with Crippen LogP contribution < -0.4 is 4.90 Å². The Bertz CT molecular complexity index is 568. The third kappa shape index (κ3) is 3.11. The van der Waals surface area contributed by atoms with Crippen LogP contribution in [0.4, 0.5) is 5.69 Å². The van der Waals surface area contributed by atoms with E-state index in [-0.39, 0.29) is 29.8 Å². The third-order valence-corrected chi connectivity index (χ3v) is 3.97. The molecule has 0 aromatic heterocycles. The lowest BCUT2D eigenvalue weighted by atomic mass is 9.98. The molecule has 1 aliphatic rings. The molecule has 0 radical (unpaired) electrons. The van der Waals surface area contributed by atoms with Crippen LogP contribution in [0.25, 0.3) is 0 Å². The monoisotopic (exact) mass is 290 g/mol. The van der Waals surface area contributed by atoms with Crippen molar-refractivity contribution >= 4 is 29.3 Å². The van der Waals surface area contributed by atoms with Crippen LogP contribution in [-0.4, -0.2) is 35.0 Å². The number of hydrogen-bond acceptors (Lipinski definition) is 4. The van der Waals surface area contributed by atoms with Crippen molar-refractivity contribution in [3.8, 4) is 6.07 Å². The van der Waals surface area contributed by atoms with Gasteiger partial charge in [0.1, 0.15) is 0 Å². The lowest BCUT2D eigenvalue weighted by Gasteiger charge is -2.17. The zero-order valence-corrected chi connectivity index (χ0v) is 11.6. The number of hydrogen-bond donors (Lipinski definition) is 1. The number of amides is 1. The number of carbonyl (C=O) groups is 2. The first kappa shape index (κ1) is 14.4. The van der Waals surface area contributed by atoms with E-state index in [2.05, 4.69) is 0 Å². The van der Waals surface area contributed by atoms with Gasteiger partial charge in [-0.1, -0.05) is 18.2 Å². The molecule has 0 aliphatic carbocycles. The maximum Gasteiger partial charge on any atom is 0.304 e. The van der Waals surface area contributed by atoms with E-state index in [1.165, 1.54) is 11.8 Å². The van der Waals surface area contributed by atoms with Crippen LogP contribution in [-0.2, 0) is 9.59 Å². The molecule has 1 aromatic carbocycles. The van der Waals surface area contributed by atoms with Crippen LogP contribution in [0.3, 0.4) is 0 Å². The molecule has 1 unspecified atom stereocenters. The van der Waals surface area contributed by atoms with Gasteiger partial charge in [-0.05, 0) is 11.6 Å². The minimum absolute atomic E-state index is 0.0200. The largest absolute Gasteiger partial charge is 0.481 e. The van der Waals surface area contributed by atoms with E-state index in [1.54, 1.807) is 4.90 Å². The maximum atomic E-state index is 12.2. The molecule has 1 amide bonds. The Hall–Kier alpha value is -2.00. The van der Waals surface area contributed by atoms with Crippen molar-refractivity contribution in [3.05, 3.63) is 29.8 Å². The number of para-hydroxylation sites is 1. The van der Waals surface area contributed by atoms with E-state index < -0.39 is 5.97 Å². The average molecular weight is 290 g/mol. The van der Waals surface area contributed by atoms with E-state index in [0.717, 1.165) is 11.3 Å². The smallest absolute Gasteiger partial charge is 0.304 e. The highest BCUT2D eigenvalue weighted by atomic mass is 32.2.